The van der Waals surface area contributed by atoms with E-state index in [0.717, 1.165) is 46.0 Å². The lowest BCUT2D eigenvalue weighted by atomic mass is 9.81. The third kappa shape index (κ3) is 14.4. The molecule has 4 heterocycles. The highest BCUT2D eigenvalue weighted by molar-refractivity contribution is 6.12. The Morgan fingerprint density at radius 1 is 0.908 bits per heavy atom. The number of carbonyl (C=O) groups is 9. The summed E-state index contributed by atoms with van der Waals surface area (Å²) in [5.41, 5.74) is 5.98. The number of carbonyl (C=O) groups excluding carboxylic acids is 9. The van der Waals surface area contributed by atoms with Crippen LogP contribution >= 0.6 is 0 Å². The largest absolute Gasteiger partial charge is 0.463 e. The molecule has 4 aromatic rings. The molecule has 3 atom stereocenters. The first-order chi connectivity index (χ1) is 36.6. The normalized spacial score (nSPS) is 14.6. The van der Waals surface area contributed by atoms with Crippen molar-refractivity contribution in [2.24, 2.45) is 0 Å². The molecule has 0 saturated carbocycles. The van der Waals surface area contributed by atoms with Crippen LogP contribution in [0.25, 0.3) is 22.3 Å². The number of unbranched alkanes of at least 4 members (excludes halogenated alkanes) is 2. The molecule has 7 rings (SSSR count). The van der Waals surface area contributed by atoms with Gasteiger partial charge >= 0.3 is 0 Å². The molecule has 2 aromatic heterocycles. The Bertz CT molecular complexity index is 2930. The number of aldehydes is 1. The number of ether oxygens (including phenoxy) is 2. The number of halogens is 1. The lowest BCUT2D eigenvalue weighted by Gasteiger charge is -2.29. The van der Waals surface area contributed by atoms with Crippen molar-refractivity contribution in [1.82, 2.24) is 46.4 Å². The van der Waals surface area contributed by atoms with Gasteiger partial charge in [-0.25, -0.2) is 9.37 Å². The zero-order valence-electron chi connectivity index (χ0n) is 43.0. The summed E-state index contributed by atoms with van der Waals surface area (Å²) >= 11 is 0. The number of hydrogen-bond acceptors (Lipinski definition) is 14. The predicted molar refractivity (Wildman–Crippen MR) is 275 cm³/mol. The van der Waals surface area contributed by atoms with Crippen molar-refractivity contribution in [1.29, 1.82) is 0 Å². The van der Waals surface area contributed by atoms with Crippen LogP contribution in [-0.2, 0) is 78.6 Å². The van der Waals surface area contributed by atoms with Crippen molar-refractivity contribution in [3.8, 4) is 11.4 Å². The molecular weight excluding hydrogens is 986 g/mol. The van der Waals surface area contributed by atoms with Gasteiger partial charge in [-0.15, -0.1) is 0 Å². The van der Waals surface area contributed by atoms with Crippen LogP contribution in [0.3, 0.4) is 0 Å². The summed E-state index contributed by atoms with van der Waals surface area (Å²) in [7, 11) is 1.61. The average Bonchev–Trinajstić information content (AvgIpc) is 4.00. The Kier molecular flexibility index (Phi) is 20.8. The van der Waals surface area contributed by atoms with Gasteiger partial charge in [-0.1, -0.05) is 50.6 Å². The van der Waals surface area contributed by atoms with Gasteiger partial charge in [0.1, 0.15) is 38.1 Å². The number of amides is 7. The highest BCUT2D eigenvalue weighted by atomic mass is 19.1. The second-order valence-electron chi connectivity index (χ2n) is 18.5. The minimum atomic E-state index is -0.911. The number of nitrogens with one attached hydrogen (secondary N) is 6. The van der Waals surface area contributed by atoms with E-state index < -0.39 is 42.2 Å². The number of pyridine rings is 2. The van der Waals surface area contributed by atoms with Gasteiger partial charge in [0.25, 0.3) is 23.8 Å². The fourth-order valence-electron chi connectivity index (χ4n) is 9.39. The Morgan fingerprint density at radius 2 is 1.66 bits per heavy atom. The van der Waals surface area contributed by atoms with E-state index in [0.29, 0.717) is 79.4 Å². The number of aromatic nitrogens is 2. The third-order valence-electron chi connectivity index (χ3n) is 13.4. The standard InChI is InChI=1S/C42H48FN7O8.C12H16N2O4/c1-5-23(2)27-14-34-40-28(18-50(34)42(56)29(27)19-58-22-51)39-31(12-11-26-24(3)30(43)15-32(49-40)38(26)39)47-37(54)20-57-21-46-35(52)17-45-41(55)33(48-36(53)16-44-4)13-25-9-7-6-8-10-25;15-9-7-13-10(16)4-2-1-3-8-14-11(17)5-6-12(14)18/h6-10,14-15,22-23,31,33,44H,5,11-13,16-21H2,1-4H3,(H,45,55)(H,46,52)(H,47,54)(H,48,53);5-6,9H,1-4,7-8H2,(H,13,16). The lowest BCUT2D eigenvalue weighted by molar-refractivity contribution is -0.137. The van der Waals surface area contributed by atoms with Crippen LogP contribution in [0.4, 0.5) is 4.39 Å². The third-order valence-corrected chi connectivity index (χ3v) is 13.4. The fraction of sp³-hybridized carbons (Fsp3) is 0.426. The van der Waals surface area contributed by atoms with Crippen molar-refractivity contribution < 1.29 is 57.0 Å². The van der Waals surface area contributed by atoms with Crippen LogP contribution in [0.5, 0.6) is 0 Å². The first kappa shape index (κ1) is 57.3. The summed E-state index contributed by atoms with van der Waals surface area (Å²) in [6.07, 6.45) is 7.51. The quantitative estimate of drug-likeness (QED) is 0.0200. The number of imide groups is 1. The molecule has 21 nitrogen and oxygen atoms in total. The van der Waals surface area contributed by atoms with Gasteiger partial charge < -0.3 is 50.7 Å². The molecule has 3 aliphatic rings. The smallest absolute Gasteiger partial charge is 0.293 e. The van der Waals surface area contributed by atoms with Gasteiger partial charge in [0.2, 0.25) is 29.5 Å². The lowest BCUT2D eigenvalue weighted by Crippen LogP contribution is -2.51. The maximum absolute atomic E-state index is 15.3. The van der Waals surface area contributed by atoms with Gasteiger partial charge in [0, 0.05) is 48.6 Å². The van der Waals surface area contributed by atoms with Crippen LogP contribution in [0.2, 0.25) is 0 Å². The highest BCUT2D eigenvalue weighted by Crippen LogP contribution is 2.45. The predicted octanol–water partition coefficient (Wildman–Crippen LogP) is 2.10. The van der Waals surface area contributed by atoms with Gasteiger partial charge in [-0.3, -0.25) is 48.1 Å². The monoisotopic (exact) mass is 1050 g/mol. The van der Waals surface area contributed by atoms with Gasteiger partial charge in [-0.2, -0.15) is 0 Å². The molecule has 22 heteroatoms. The first-order valence-corrected chi connectivity index (χ1v) is 25.2. The number of nitrogens with zero attached hydrogens (tertiary/aromatic N) is 3. The summed E-state index contributed by atoms with van der Waals surface area (Å²) in [6.45, 7) is 5.36. The van der Waals surface area contributed by atoms with E-state index in [1.165, 1.54) is 23.1 Å². The van der Waals surface area contributed by atoms with Crippen LogP contribution in [0.1, 0.15) is 103 Å². The molecule has 0 spiro atoms. The molecule has 0 radical (unpaired) electrons. The number of fused-ring (bicyclic) bond motifs is 4. The molecular formula is C54H64FN9O12. The molecule has 76 heavy (non-hydrogen) atoms. The van der Waals surface area contributed by atoms with Crippen molar-refractivity contribution in [3.63, 3.8) is 0 Å². The van der Waals surface area contributed by atoms with E-state index >= 15 is 4.39 Å². The summed E-state index contributed by atoms with van der Waals surface area (Å²) in [6, 6.07) is 11.0. The van der Waals surface area contributed by atoms with Crippen molar-refractivity contribution in [2.45, 2.75) is 103 Å². The zero-order valence-corrected chi connectivity index (χ0v) is 43.0. The second-order valence-corrected chi connectivity index (χ2v) is 18.5. The first-order valence-electron chi connectivity index (χ1n) is 25.2. The Hall–Kier alpha value is -7.98. The molecule has 404 valence electrons. The molecule has 7 amide bonds. The molecule has 6 N–H and O–H groups in total. The summed E-state index contributed by atoms with van der Waals surface area (Å²) in [5.74, 6) is -3.06. The Balaban J connectivity index is 0.000000441. The molecule has 2 aromatic carbocycles. The molecule has 2 aliphatic heterocycles. The minimum absolute atomic E-state index is 0.0167. The number of rotatable bonds is 26. The highest BCUT2D eigenvalue weighted by Gasteiger charge is 2.35. The van der Waals surface area contributed by atoms with Gasteiger partial charge in [0.15, 0.2) is 0 Å². The molecule has 1 aliphatic carbocycles. The van der Waals surface area contributed by atoms with E-state index in [1.54, 1.807) is 18.5 Å². The molecule has 3 unspecified atom stereocenters. The van der Waals surface area contributed by atoms with E-state index in [9.17, 15) is 47.9 Å². The van der Waals surface area contributed by atoms with Crippen LogP contribution in [0.15, 0.2) is 59.4 Å². The summed E-state index contributed by atoms with van der Waals surface area (Å²) in [4.78, 5) is 126. The maximum Gasteiger partial charge on any atom is 0.293 e. The Labute approximate surface area is 438 Å². The van der Waals surface area contributed by atoms with Crippen LogP contribution in [-0.4, -0.2) is 121 Å². The molecule has 0 bridgehead atoms. The van der Waals surface area contributed by atoms with E-state index in [1.807, 2.05) is 50.2 Å². The zero-order chi connectivity index (χ0) is 54.9. The van der Waals surface area contributed by atoms with Crippen molar-refractivity contribution in [3.05, 3.63) is 110 Å². The van der Waals surface area contributed by atoms with Gasteiger partial charge in [-0.05, 0) is 85.9 Å². The van der Waals surface area contributed by atoms with Crippen LogP contribution < -0.4 is 37.5 Å². The number of benzene rings is 2. The maximum atomic E-state index is 15.3. The second kappa shape index (κ2) is 27.5. The SMILES string of the molecule is CCC(C)c1cc2n(c(=O)c1COC=O)Cc1c-2nc2cc(F)c(C)c3c2c1C(NC(=O)COCNC(=O)CNC(=O)C(Cc1ccccc1)NC(=O)CNC)CC3.O=CCNC(=O)CCCCCN1C(=O)C=CC1=O. The van der Waals surface area contributed by atoms with Crippen molar-refractivity contribution in [2.75, 3.05) is 46.6 Å². The number of aryl methyl sites for hydroxylation is 1. The Morgan fingerprint density at radius 3 is 2.36 bits per heavy atom. The van der Waals surface area contributed by atoms with E-state index in [2.05, 4.69) is 31.9 Å². The number of hydrogen-bond donors (Lipinski definition) is 6. The number of likely N-dealkylation sites (N-methyl/N-ethyl adjacent to an activating group) is 1. The van der Waals surface area contributed by atoms with Gasteiger partial charge in [0.05, 0.1) is 54.7 Å². The summed E-state index contributed by atoms with van der Waals surface area (Å²) in [5, 5.41) is 16.7. The van der Waals surface area contributed by atoms with E-state index in [-0.39, 0.29) is 81.0 Å². The summed E-state index contributed by atoms with van der Waals surface area (Å²) < 4.78 is 27.4. The topological polar surface area (TPSA) is 282 Å². The molecule has 0 saturated heterocycles. The average molecular weight is 1050 g/mol. The van der Waals surface area contributed by atoms with Crippen LogP contribution in [0, 0.1) is 12.7 Å². The van der Waals surface area contributed by atoms with E-state index in [4.69, 9.17) is 14.5 Å². The molecule has 0 fully saturated rings. The van der Waals surface area contributed by atoms with Crippen molar-refractivity contribution >= 4 is 65.0 Å². The fourth-order valence-corrected chi connectivity index (χ4v) is 9.39. The minimum Gasteiger partial charge on any atom is -0.463 e.